The van der Waals surface area contributed by atoms with E-state index in [-0.39, 0.29) is 16.1 Å². The van der Waals surface area contributed by atoms with Crippen LogP contribution in [-0.2, 0) is 14.9 Å². The molecule has 120 valence electrons. The zero-order chi connectivity index (χ0) is 17.0. The highest BCUT2D eigenvalue weighted by Crippen LogP contribution is 2.15. The van der Waals surface area contributed by atoms with Crippen LogP contribution in [-0.4, -0.2) is 19.3 Å². The van der Waals surface area contributed by atoms with Crippen LogP contribution >= 0.6 is 0 Å². The third-order valence-electron chi connectivity index (χ3n) is 2.94. The van der Waals surface area contributed by atoms with Gasteiger partial charge in [-0.25, -0.2) is 13.2 Å². The van der Waals surface area contributed by atoms with Crippen molar-refractivity contribution >= 4 is 21.7 Å². The SMILES string of the molecule is Cc1ccccc1S(=O)(=O)NOC(=O)c1ccc([N+](=O)[O-])cc1. The average Bonchev–Trinajstić information content (AvgIpc) is 2.53. The molecule has 0 fully saturated rings. The molecule has 0 bridgehead atoms. The Bertz CT molecular complexity index is 846. The van der Waals surface area contributed by atoms with Crippen LogP contribution in [0, 0.1) is 17.0 Å². The van der Waals surface area contributed by atoms with Crippen LogP contribution in [0.25, 0.3) is 0 Å². The molecule has 0 aliphatic rings. The number of nitrogens with zero attached hydrogens (tertiary/aromatic N) is 1. The van der Waals surface area contributed by atoms with Gasteiger partial charge in [-0.3, -0.25) is 10.1 Å². The summed E-state index contributed by atoms with van der Waals surface area (Å²) in [6, 6.07) is 10.8. The van der Waals surface area contributed by atoms with Crippen LogP contribution in [0.15, 0.2) is 53.4 Å². The van der Waals surface area contributed by atoms with E-state index in [0.717, 1.165) is 12.1 Å². The molecule has 2 aromatic rings. The van der Waals surface area contributed by atoms with Gasteiger partial charge in [0.15, 0.2) is 0 Å². The maximum Gasteiger partial charge on any atom is 0.357 e. The molecule has 0 saturated carbocycles. The summed E-state index contributed by atoms with van der Waals surface area (Å²) in [5, 5.41) is 10.5. The molecule has 8 nitrogen and oxygen atoms in total. The van der Waals surface area contributed by atoms with Crippen LogP contribution in [0.5, 0.6) is 0 Å². The number of nitro groups is 1. The third-order valence-corrected chi connectivity index (χ3v) is 4.28. The van der Waals surface area contributed by atoms with E-state index >= 15 is 0 Å². The zero-order valence-electron chi connectivity index (χ0n) is 11.9. The summed E-state index contributed by atoms with van der Waals surface area (Å²) in [6.07, 6.45) is 0. The van der Waals surface area contributed by atoms with Crippen molar-refractivity contribution in [2.75, 3.05) is 0 Å². The molecule has 0 amide bonds. The number of aryl methyl sites for hydroxylation is 1. The topological polar surface area (TPSA) is 116 Å². The number of benzene rings is 2. The summed E-state index contributed by atoms with van der Waals surface area (Å²) in [5.41, 5.74) is 0.275. The summed E-state index contributed by atoms with van der Waals surface area (Å²) in [6.45, 7) is 1.60. The van der Waals surface area contributed by atoms with Gasteiger partial charge >= 0.3 is 5.97 Å². The van der Waals surface area contributed by atoms with Crippen molar-refractivity contribution in [1.82, 2.24) is 4.89 Å². The molecular weight excluding hydrogens is 324 g/mol. The van der Waals surface area contributed by atoms with E-state index < -0.39 is 20.9 Å². The summed E-state index contributed by atoms with van der Waals surface area (Å²) in [5.74, 6) is -0.975. The molecule has 0 aliphatic heterocycles. The molecule has 0 aliphatic carbocycles. The third kappa shape index (κ3) is 3.90. The molecule has 2 aromatic carbocycles. The normalized spacial score (nSPS) is 11.0. The fraction of sp³-hybridized carbons (Fsp3) is 0.0714. The predicted octanol–water partition coefficient (Wildman–Crippen LogP) is 1.95. The number of rotatable bonds is 5. The van der Waals surface area contributed by atoms with E-state index in [4.69, 9.17) is 0 Å². The fourth-order valence-corrected chi connectivity index (χ4v) is 2.80. The zero-order valence-corrected chi connectivity index (χ0v) is 12.7. The molecule has 1 N–H and O–H groups in total. The number of sulfonamides is 1. The Morgan fingerprint density at radius 1 is 1.13 bits per heavy atom. The Hall–Kier alpha value is -2.78. The number of non-ortho nitro benzene ring substituents is 1. The first-order valence-electron chi connectivity index (χ1n) is 6.34. The van der Waals surface area contributed by atoms with Gasteiger partial charge in [-0.05, 0) is 35.6 Å². The van der Waals surface area contributed by atoms with Gasteiger partial charge in [0.25, 0.3) is 15.7 Å². The van der Waals surface area contributed by atoms with Crippen molar-refractivity contribution in [2.45, 2.75) is 11.8 Å². The van der Waals surface area contributed by atoms with E-state index in [9.17, 15) is 23.3 Å². The molecule has 2 rings (SSSR count). The molecule has 0 radical (unpaired) electrons. The summed E-state index contributed by atoms with van der Waals surface area (Å²) >= 11 is 0. The van der Waals surface area contributed by atoms with Crippen LogP contribution < -0.4 is 4.89 Å². The number of hydrogen-bond acceptors (Lipinski definition) is 6. The van der Waals surface area contributed by atoms with Crippen molar-refractivity contribution in [3.8, 4) is 0 Å². The molecule has 0 heterocycles. The second-order valence-corrected chi connectivity index (χ2v) is 6.16. The highest BCUT2D eigenvalue weighted by molar-refractivity contribution is 7.89. The molecular formula is C14H12N2O6S. The molecule has 9 heteroatoms. The Balaban J connectivity index is 2.09. The van der Waals surface area contributed by atoms with Gasteiger partial charge < -0.3 is 4.84 Å². The van der Waals surface area contributed by atoms with Crippen molar-refractivity contribution in [3.05, 3.63) is 69.8 Å². The Kier molecular flexibility index (Phi) is 4.72. The second-order valence-electron chi connectivity index (χ2n) is 4.55. The highest BCUT2D eigenvalue weighted by Gasteiger charge is 2.19. The van der Waals surface area contributed by atoms with E-state index in [1.165, 1.54) is 18.2 Å². The largest absolute Gasteiger partial charge is 0.357 e. The molecule has 0 unspecified atom stereocenters. The number of carbonyl (C=O) groups is 1. The van der Waals surface area contributed by atoms with Gasteiger partial charge in [-0.2, -0.15) is 0 Å². The maximum absolute atomic E-state index is 12.1. The smallest absolute Gasteiger partial charge is 0.351 e. The highest BCUT2D eigenvalue weighted by atomic mass is 32.2. The molecule has 23 heavy (non-hydrogen) atoms. The molecule has 0 atom stereocenters. The minimum atomic E-state index is -4.02. The first-order chi connectivity index (χ1) is 10.8. The molecule has 0 saturated heterocycles. The quantitative estimate of drug-likeness (QED) is 0.659. The van der Waals surface area contributed by atoms with Gasteiger partial charge in [-0.15, -0.1) is 0 Å². The molecule has 0 aromatic heterocycles. The Labute approximate surface area is 131 Å². The lowest BCUT2D eigenvalue weighted by Gasteiger charge is -2.08. The van der Waals surface area contributed by atoms with Gasteiger partial charge in [-0.1, -0.05) is 18.2 Å². The van der Waals surface area contributed by atoms with Crippen molar-refractivity contribution in [2.24, 2.45) is 0 Å². The van der Waals surface area contributed by atoms with Gasteiger partial charge in [0.05, 0.1) is 15.4 Å². The van der Waals surface area contributed by atoms with Crippen molar-refractivity contribution < 1.29 is 23.0 Å². The standard InChI is InChI=1S/C14H12N2O6S/c1-10-4-2-3-5-13(10)23(20,21)15-22-14(17)11-6-8-12(9-7-11)16(18)19/h2-9,15H,1H3. The lowest BCUT2D eigenvalue weighted by molar-refractivity contribution is -0.384. The van der Waals surface area contributed by atoms with Gasteiger partial charge in [0.2, 0.25) is 0 Å². The van der Waals surface area contributed by atoms with E-state index in [2.05, 4.69) is 4.84 Å². The average molecular weight is 336 g/mol. The number of carbonyl (C=O) groups excluding carboxylic acids is 1. The van der Waals surface area contributed by atoms with Gasteiger partial charge in [0, 0.05) is 12.1 Å². The van der Waals surface area contributed by atoms with Crippen molar-refractivity contribution in [3.63, 3.8) is 0 Å². The Morgan fingerprint density at radius 3 is 2.30 bits per heavy atom. The van der Waals surface area contributed by atoms with Crippen LogP contribution in [0.3, 0.4) is 0 Å². The Morgan fingerprint density at radius 2 is 1.74 bits per heavy atom. The number of nitro benzene ring substituents is 1. The van der Waals surface area contributed by atoms with Crippen LogP contribution in [0.2, 0.25) is 0 Å². The maximum atomic E-state index is 12.1. The number of nitrogens with one attached hydrogen (secondary N) is 1. The van der Waals surface area contributed by atoms with Crippen LogP contribution in [0.4, 0.5) is 5.69 Å². The van der Waals surface area contributed by atoms with E-state index in [0.29, 0.717) is 5.56 Å². The summed E-state index contributed by atoms with van der Waals surface area (Å²) in [4.78, 5) is 28.0. The van der Waals surface area contributed by atoms with E-state index in [1.54, 1.807) is 30.0 Å². The fourth-order valence-electron chi connectivity index (χ4n) is 1.77. The lowest BCUT2D eigenvalue weighted by Crippen LogP contribution is -2.27. The first kappa shape index (κ1) is 16.6. The number of hydrogen-bond donors (Lipinski definition) is 1. The van der Waals surface area contributed by atoms with E-state index in [1.807, 2.05) is 0 Å². The summed E-state index contributed by atoms with van der Waals surface area (Å²) in [7, 11) is -4.02. The predicted molar refractivity (Wildman–Crippen MR) is 80.0 cm³/mol. The lowest BCUT2D eigenvalue weighted by atomic mass is 10.2. The first-order valence-corrected chi connectivity index (χ1v) is 7.82. The molecule has 0 spiro atoms. The summed E-state index contributed by atoms with van der Waals surface area (Å²) < 4.78 is 24.1. The van der Waals surface area contributed by atoms with Gasteiger partial charge in [0.1, 0.15) is 0 Å². The van der Waals surface area contributed by atoms with Crippen LogP contribution in [0.1, 0.15) is 15.9 Å². The van der Waals surface area contributed by atoms with Crippen molar-refractivity contribution in [1.29, 1.82) is 0 Å². The monoisotopic (exact) mass is 336 g/mol. The second kappa shape index (κ2) is 6.55. The minimum Gasteiger partial charge on any atom is -0.351 e. The minimum absolute atomic E-state index is 0.0171.